The topological polar surface area (TPSA) is 75.8 Å². The summed E-state index contributed by atoms with van der Waals surface area (Å²) in [5.74, 6) is -3.03. The summed E-state index contributed by atoms with van der Waals surface area (Å²) >= 11 is 0. The van der Waals surface area contributed by atoms with Gasteiger partial charge < -0.3 is 5.11 Å². The molecular formula is C22H16F3NO4. The molecule has 4 rings (SSSR count). The van der Waals surface area contributed by atoms with Gasteiger partial charge in [-0.05, 0) is 60.1 Å². The van der Waals surface area contributed by atoms with E-state index >= 15 is 0 Å². The van der Waals surface area contributed by atoms with Crippen molar-refractivity contribution in [1.29, 1.82) is 0 Å². The van der Waals surface area contributed by atoms with Gasteiger partial charge in [-0.1, -0.05) is 24.3 Å². The molecule has 1 aliphatic rings. The maximum Gasteiger partial charge on any atom is 0.454 e. The number of halogens is 3. The predicted molar refractivity (Wildman–Crippen MR) is 103 cm³/mol. The number of Topliss-reactive ketones (excluding diaryl/α,β-unsaturated/α-hetero) is 1. The third kappa shape index (κ3) is 3.28. The van der Waals surface area contributed by atoms with E-state index in [9.17, 15) is 32.7 Å². The number of aromatic nitrogens is 1. The fourth-order valence-corrected chi connectivity index (χ4v) is 3.73. The number of hydrogen-bond acceptors (Lipinski definition) is 3. The van der Waals surface area contributed by atoms with E-state index in [1.807, 2.05) is 0 Å². The third-order valence-electron chi connectivity index (χ3n) is 5.38. The van der Waals surface area contributed by atoms with E-state index in [-0.39, 0.29) is 11.5 Å². The Bertz CT molecular complexity index is 1250. The summed E-state index contributed by atoms with van der Waals surface area (Å²) in [5, 5.41) is 9.36. The van der Waals surface area contributed by atoms with Crippen molar-refractivity contribution in [2.45, 2.75) is 31.9 Å². The summed E-state index contributed by atoms with van der Waals surface area (Å²) < 4.78 is 39.2. The number of pyridine rings is 2. The molecule has 3 aromatic rings. The fourth-order valence-electron chi connectivity index (χ4n) is 3.73. The average molecular weight is 415 g/mol. The van der Waals surface area contributed by atoms with Crippen molar-refractivity contribution in [3.05, 3.63) is 75.2 Å². The van der Waals surface area contributed by atoms with Crippen molar-refractivity contribution in [3.8, 4) is 11.1 Å². The summed E-state index contributed by atoms with van der Waals surface area (Å²) in [6, 6.07) is 8.15. The molecule has 0 bridgehead atoms. The monoisotopic (exact) mass is 415 g/mol. The first-order valence-electron chi connectivity index (χ1n) is 9.23. The molecule has 0 saturated heterocycles. The summed E-state index contributed by atoms with van der Waals surface area (Å²) in [6.07, 6.45) is -1.68. The fraction of sp³-hybridized carbons (Fsp3) is 0.227. The largest absolute Gasteiger partial charge is 0.477 e. The van der Waals surface area contributed by atoms with E-state index in [2.05, 4.69) is 0 Å². The highest BCUT2D eigenvalue weighted by atomic mass is 19.4. The number of benzene rings is 1. The average Bonchev–Trinajstić information content (AvgIpc) is 3.52. The van der Waals surface area contributed by atoms with Crippen LogP contribution < -0.4 is 5.56 Å². The number of carboxylic acid groups (broad SMARTS) is 1. The van der Waals surface area contributed by atoms with E-state index in [0.29, 0.717) is 22.2 Å². The molecule has 1 aliphatic carbocycles. The van der Waals surface area contributed by atoms with Crippen LogP contribution in [0.25, 0.3) is 16.6 Å². The van der Waals surface area contributed by atoms with Gasteiger partial charge in [0.25, 0.3) is 11.3 Å². The minimum atomic E-state index is -4.94. The molecule has 0 amide bonds. The van der Waals surface area contributed by atoms with Crippen LogP contribution in [0.2, 0.25) is 0 Å². The van der Waals surface area contributed by atoms with Gasteiger partial charge >= 0.3 is 12.1 Å². The molecule has 8 heteroatoms. The number of rotatable bonds is 4. The van der Waals surface area contributed by atoms with Crippen LogP contribution in [0.4, 0.5) is 13.2 Å². The van der Waals surface area contributed by atoms with E-state index in [4.69, 9.17) is 0 Å². The molecule has 0 radical (unpaired) electrons. The van der Waals surface area contributed by atoms with Gasteiger partial charge in [0.2, 0.25) is 0 Å². The number of aryl methyl sites for hydroxylation is 1. The zero-order valence-electron chi connectivity index (χ0n) is 15.8. The first-order chi connectivity index (χ1) is 14.1. The van der Waals surface area contributed by atoms with Crippen molar-refractivity contribution in [1.82, 2.24) is 4.40 Å². The lowest BCUT2D eigenvalue weighted by Crippen LogP contribution is -2.23. The van der Waals surface area contributed by atoms with E-state index in [0.717, 1.165) is 30.5 Å². The summed E-state index contributed by atoms with van der Waals surface area (Å²) in [7, 11) is 0. The molecule has 2 heterocycles. The predicted octanol–water partition coefficient (Wildman–Crippen LogP) is 4.60. The van der Waals surface area contributed by atoms with Gasteiger partial charge in [0.05, 0.1) is 5.52 Å². The van der Waals surface area contributed by atoms with Gasteiger partial charge in [-0.2, -0.15) is 13.2 Å². The smallest absolute Gasteiger partial charge is 0.454 e. The minimum Gasteiger partial charge on any atom is -0.477 e. The van der Waals surface area contributed by atoms with E-state index in [1.165, 1.54) is 28.8 Å². The van der Waals surface area contributed by atoms with Crippen molar-refractivity contribution in [3.63, 3.8) is 0 Å². The van der Waals surface area contributed by atoms with Crippen molar-refractivity contribution in [2.24, 2.45) is 0 Å². The highest BCUT2D eigenvalue weighted by Gasteiger charge is 2.39. The van der Waals surface area contributed by atoms with Crippen LogP contribution in [-0.2, 0) is 0 Å². The maximum atomic E-state index is 12.6. The zero-order valence-corrected chi connectivity index (χ0v) is 15.8. The number of hydrogen-bond donors (Lipinski definition) is 1. The molecule has 30 heavy (non-hydrogen) atoms. The summed E-state index contributed by atoms with van der Waals surface area (Å²) in [5.41, 5.74) is 1.99. The molecule has 1 N–H and O–H groups in total. The summed E-state index contributed by atoms with van der Waals surface area (Å²) in [6.45, 7) is 1.78. The van der Waals surface area contributed by atoms with Gasteiger partial charge in [-0.15, -0.1) is 0 Å². The molecule has 0 aliphatic heterocycles. The number of aromatic carboxylic acids is 1. The highest BCUT2D eigenvalue weighted by molar-refractivity contribution is 6.00. The van der Waals surface area contributed by atoms with Gasteiger partial charge in [-0.3, -0.25) is 14.0 Å². The van der Waals surface area contributed by atoms with Crippen molar-refractivity contribution in [2.75, 3.05) is 0 Å². The van der Waals surface area contributed by atoms with Crippen LogP contribution in [0.3, 0.4) is 0 Å². The SMILES string of the molecule is Cc1c(-c2ccc(C(=O)C(F)(F)F)cc2)ccn2c(=O)c(C(=O)O)cc(C3CC3)c12. The number of carboxylic acids is 1. The van der Waals surface area contributed by atoms with Crippen LogP contribution in [0, 0.1) is 6.92 Å². The highest BCUT2D eigenvalue weighted by Crippen LogP contribution is 2.43. The Morgan fingerprint density at radius 3 is 2.27 bits per heavy atom. The molecular weight excluding hydrogens is 399 g/mol. The molecule has 0 unspecified atom stereocenters. The molecule has 1 aromatic carbocycles. The number of nitrogens with zero attached hydrogens (tertiary/aromatic N) is 1. The molecule has 0 atom stereocenters. The van der Waals surface area contributed by atoms with Crippen LogP contribution in [-0.4, -0.2) is 27.4 Å². The van der Waals surface area contributed by atoms with Crippen molar-refractivity contribution < 1.29 is 27.9 Å². The Hall–Kier alpha value is -3.42. The first-order valence-corrected chi connectivity index (χ1v) is 9.23. The molecule has 5 nitrogen and oxygen atoms in total. The second kappa shape index (κ2) is 6.83. The molecule has 1 fully saturated rings. The third-order valence-corrected chi connectivity index (χ3v) is 5.38. The second-order valence-electron chi connectivity index (χ2n) is 7.38. The quantitative estimate of drug-likeness (QED) is 0.632. The van der Waals surface area contributed by atoms with Gasteiger partial charge in [-0.25, -0.2) is 4.79 Å². The Balaban J connectivity index is 1.88. The lowest BCUT2D eigenvalue weighted by Gasteiger charge is -2.15. The van der Waals surface area contributed by atoms with Gasteiger partial charge in [0, 0.05) is 11.8 Å². The van der Waals surface area contributed by atoms with Crippen LogP contribution in [0.15, 0.2) is 47.4 Å². The lowest BCUT2D eigenvalue weighted by molar-refractivity contribution is -0.0885. The lowest BCUT2D eigenvalue weighted by atomic mass is 9.95. The normalized spacial score (nSPS) is 14.1. The van der Waals surface area contributed by atoms with Crippen molar-refractivity contribution >= 4 is 17.3 Å². The Labute approximate surface area is 168 Å². The molecule has 0 spiro atoms. The number of fused-ring (bicyclic) bond motifs is 1. The van der Waals surface area contributed by atoms with Gasteiger partial charge in [0.1, 0.15) is 5.56 Å². The number of ketones is 1. The Morgan fingerprint density at radius 2 is 1.73 bits per heavy atom. The first kappa shape index (κ1) is 19.9. The molecule has 154 valence electrons. The summed E-state index contributed by atoms with van der Waals surface area (Å²) in [4.78, 5) is 35.5. The minimum absolute atomic E-state index is 0.166. The molecule has 2 aromatic heterocycles. The van der Waals surface area contributed by atoms with Crippen LogP contribution >= 0.6 is 0 Å². The molecule has 1 saturated carbocycles. The van der Waals surface area contributed by atoms with Crippen LogP contribution in [0.1, 0.15) is 50.6 Å². The Morgan fingerprint density at radius 1 is 1.10 bits per heavy atom. The van der Waals surface area contributed by atoms with Crippen LogP contribution in [0.5, 0.6) is 0 Å². The second-order valence-corrected chi connectivity index (χ2v) is 7.38. The zero-order chi connectivity index (χ0) is 21.8. The number of carbonyl (C=O) groups excluding carboxylic acids is 1. The van der Waals surface area contributed by atoms with E-state index in [1.54, 1.807) is 13.0 Å². The maximum absolute atomic E-state index is 12.6. The Kier molecular flexibility index (Phi) is 4.52. The van der Waals surface area contributed by atoms with E-state index < -0.39 is 29.1 Å². The van der Waals surface area contributed by atoms with Gasteiger partial charge in [0.15, 0.2) is 0 Å². The number of alkyl halides is 3. The number of carbonyl (C=O) groups is 2. The standard InChI is InChI=1S/C22H16F3NO4/c1-11-15(12-4-6-14(7-5-12)19(27)22(23,24)25)8-9-26-18(11)16(13-2-3-13)10-17(20(26)28)21(29)30/h4-10,13H,2-3H2,1H3,(H,29,30).